The van der Waals surface area contributed by atoms with Crippen molar-refractivity contribution < 1.29 is 64.1 Å². The molecule has 0 rings (SSSR count). The highest BCUT2D eigenvalue weighted by Crippen LogP contribution is 2.18. The molecule has 0 bridgehead atoms. The maximum Gasteiger partial charge on any atom is 0.333 e. The van der Waals surface area contributed by atoms with Crippen LogP contribution in [0.5, 0.6) is 0 Å². The minimum atomic E-state index is -0.935. The molecular weight excluding hydrogens is 592 g/mol. The largest absolute Gasteiger partial charge is 0.478 e. The first-order chi connectivity index (χ1) is 20.6. The molecular formula is C32H54O13. The maximum atomic E-state index is 11.0. The maximum absolute atomic E-state index is 11.0. The lowest BCUT2D eigenvalue weighted by atomic mass is 9.88. The topological polar surface area (TPSA) is 225 Å². The van der Waals surface area contributed by atoms with E-state index < -0.39 is 23.3 Å². The van der Waals surface area contributed by atoms with Crippen LogP contribution >= 0.6 is 0 Å². The summed E-state index contributed by atoms with van der Waals surface area (Å²) in [6.45, 7) is 26.2. The van der Waals surface area contributed by atoms with Crippen molar-refractivity contribution in [3.8, 4) is 0 Å². The number of aliphatic hydroxyl groups is 3. The molecule has 0 saturated carbocycles. The van der Waals surface area contributed by atoms with Gasteiger partial charge in [-0.2, -0.15) is 0 Å². The highest BCUT2D eigenvalue weighted by molar-refractivity contribution is 5.87. The molecule has 0 aliphatic heterocycles. The van der Waals surface area contributed by atoms with E-state index in [4.69, 9.17) is 40.1 Å². The fraction of sp³-hybridized carbons (Fsp3) is 0.531. The zero-order valence-electron chi connectivity index (χ0n) is 27.6. The number of carboxylic acid groups (broad SMARTS) is 3. The van der Waals surface area contributed by atoms with Crippen molar-refractivity contribution >= 4 is 29.8 Å². The monoisotopic (exact) mass is 646 g/mol. The van der Waals surface area contributed by atoms with Gasteiger partial charge in [-0.25, -0.2) is 24.0 Å². The summed E-state index contributed by atoms with van der Waals surface area (Å²) in [5.41, 5.74) is 0.698. The van der Waals surface area contributed by atoms with E-state index in [-0.39, 0.29) is 48.5 Å². The van der Waals surface area contributed by atoms with Gasteiger partial charge < -0.3 is 40.1 Å². The number of unbranched alkanes of at least 4 members (excludes halogenated alkanes) is 3. The van der Waals surface area contributed by atoms with E-state index in [1.165, 1.54) is 20.8 Å². The Morgan fingerprint density at radius 3 is 0.844 bits per heavy atom. The van der Waals surface area contributed by atoms with Crippen molar-refractivity contribution in [2.75, 3.05) is 33.0 Å². The average Bonchev–Trinajstić information content (AvgIpc) is 2.96. The van der Waals surface area contributed by atoms with Crippen LogP contribution < -0.4 is 0 Å². The zero-order valence-corrected chi connectivity index (χ0v) is 27.6. The van der Waals surface area contributed by atoms with E-state index >= 15 is 0 Å². The van der Waals surface area contributed by atoms with Crippen molar-refractivity contribution in [2.45, 2.75) is 73.6 Å². The number of carboxylic acids is 3. The van der Waals surface area contributed by atoms with Gasteiger partial charge in [0.25, 0.3) is 0 Å². The first-order valence-corrected chi connectivity index (χ1v) is 13.8. The molecule has 13 heteroatoms. The van der Waals surface area contributed by atoms with Crippen LogP contribution in [-0.2, 0) is 33.4 Å². The second kappa shape index (κ2) is 31.4. The molecule has 0 aromatic heterocycles. The summed E-state index contributed by atoms with van der Waals surface area (Å²) in [4.78, 5) is 50.9. The summed E-state index contributed by atoms with van der Waals surface area (Å²) in [7, 11) is 0. The molecule has 0 fully saturated rings. The molecule has 0 aliphatic rings. The van der Waals surface area contributed by atoms with E-state index in [0.29, 0.717) is 30.8 Å². The number of aliphatic hydroxyl groups excluding tert-OH is 3. The summed E-state index contributed by atoms with van der Waals surface area (Å²) in [6, 6.07) is 0. The Balaban J connectivity index is -0.000000165. The predicted molar refractivity (Wildman–Crippen MR) is 171 cm³/mol. The molecule has 0 atom stereocenters. The highest BCUT2D eigenvalue weighted by Gasteiger charge is 2.24. The molecule has 260 valence electrons. The number of ether oxygens (including phenoxy) is 2. The number of esters is 2. The number of hydrogen-bond donors (Lipinski definition) is 6. The molecule has 0 spiro atoms. The quantitative estimate of drug-likeness (QED) is 0.0790. The van der Waals surface area contributed by atoms with Crippen LogP contribution in [0.15, 0.2) is 60.8 Å². The van der Waals surface area contributed by atoms with E-state index in [1.54, 1.807) is 13.8 Å². The van der Waals surface area contributed by atoms with Crippen molar-refractivity contribution in [1.29, 1.82) is 0 Å². The lowest BCUT2D eigenvalue weighted by Crippen LogP contribution is -2.32. The summed E-state index contributed by atoms with van der Waals surface area (Å²) in [5, 5.41) is 49.6. The Morgan fingerprint density at radius 2 is 0.733 bits per heavy atom. The summed E-state index contributed by atoms with van der Waals surface area (Å²) < 4.78 is 9.89. The first-order valence-electron chi connectivity index (χ1n) is 13.8. The normalized spacial score (nSPS) is 9.27. The molecule has 45 heavy (non-hydrogen) atoms. The van der Waals surface area contributed by atoms with E-state index in [0.717, 1.165) is 25.7 Å². The summed E-state index contributed by atoms with van der Waals surface area (Å²) in [6.07, 6.45) is 4.10. The van der Waals surface area contributed by atoms with Crippen molar-refractivity contribution in [1.82, 2.24) is 0 Å². The average molecular weight is 647 g/mol. The molecule has 0 unspecified atom stereocenters. The predicted octanol–water partition coefficient (Wildman–Crippen LogP) is 4.09. The van der Waals surface area contributed by atoms with Gasteiger partial charge in [-0.15, -0.1) is 0 Å². The Kier molecular flexibility index (Phi) is 35.2. The van der Waals surface area contributed by atoms with Crippen LogP contribution in [0.1, 0.15) is 73.6 Å². The summed E-state index contributed by atoms with van der Waals surface area (Å²) >= 11 is 0. The van der Waals surface area contributed by atoms with Crippen LogP contribution in [0.25, 0.3) is 0 Å². The fourth-order valence-electron chi connectivity index (χ4n) is 1.62. The standard InChI is InChI=1S/C14H22O4.C6H14O3.3C4H6O2/c1-11(2)13(15)17-9-7-5-6-8-10-18-14(16)12(3)4;1-2-6(3-7,4-8)5-9;3*1-3(2)4(5)6/h1,3,5-10H2,2,4H3;7-9H,2-5H2,1H3;3*1H2,2H3,(H,5,6). The number of carbonyl (C=O) groups is 5. The zero-order chi connectivity index (χ0) is 36.8. The van der Waals surface area contributed by atoms with Crippen LogP contribution in [0, 0.1) is 5.41 Å². The van der Waals surface area contributed by atoms with Crippen molar-refractivity contribution in [3.63, 3.8) is 0 Å². The second-order valence-corrected chi connectivity index (χ2v) is 9.83. The third-order valence-electron chi connectivity index (χ3n) is 5.05. The van der Waals surface area contributed by atoms with Crippen LogP contribution in [0.4, 0.5) is 0 Å². The molecule has 0 aromatic rings. The smallest absolute Gasteiger partial charge is 0.333 e. The van der Waals surface area contributed by atoms with Gasteiger partial charge in [0.15, 0.2) is 0 Å². The Hall–Kier alpha value is -4.07. The van der Waals surface area contributed by atoms with E-state index in [2.05, 4.69) is 32.9 Å². The first kappa shape index (κ1) is 50.6. The van der Waals surface area contributed by atoms with E-state index in [1.807, 2.05) is 6.92 Å². The van der Waals surface area contributed by atoms with Crippen LogP contribution in [0.3, 0.4) is 0 Å². The van der Waals surface area contributed by atoms with Gasteiger partial charge in [0.1, 0.15) is 0 Å². The SMILES string of the molecule is C=C(C)C(=O)O.C=C(C)C(=O)O.C=C(C)C(=O)O.C=C(C)C(=O)OCCCCCCOC(=O)C(=C)C.CCC(CO)(CO)CO. The Morgan fingerprint density at radius 1 is 0.511 bits per heavy atom. The minimum absolute atomic E-state index is 0.156. The molecule has 13 nitrogen and oxygen atoms in total. The minimum Gasteiger partial charge on any atom is -0.478 e. The van der Waals surface area contributed by atoms with Crippen molar-refractivity contribution in [2.24, 2.45) is 5.41 Å². The molecule has 0 amide bonds. The Labute approximate surface area is 266 Å². The van der Waals surface area contributed by atoms with Crippen molar-refractivity contribution in [3.05, 3.63) is 60.8 Å². The van der Waals surface area contributed by atoms with Crippen LogP contribution in [0.2, 0.25) is 0 Å². The number of rotatable bonds is 16. The highest BCUT2D eigenvalue weighted by atomic mass is 16.5. The van der Waals surface area contributed by atoms with Gasteiger partial charge in [-0.05, 0) is 66.7 Å². The molecule has 0 saturated heterocycles. The molecule has 0 heterocycles. The fourth-order valence-corrected chi connectivity index (χ4v) is 1.62. The molecule has 0 aliphatic carbocycles. The van der Waals surface area contributed by atoms with Gasteiger partial charge in [0.2, 0.25) is 0 Å². The van der Waals surface area contributed by atoms with E-state index in [9.17, 15) is 24.0 Å². The molecule has 0 aromatic carbocycles. The van der Waals surface area contributed by atoms with Gasteiger partial charge in [0, 0.05) is 33.3 Å². The molecule has 6 N–H and O–H groups in total. The summed E-state index contributed by atoms with van der Waals surface area (Å²) in [5.74, 6) is -3.49. The van der Waals surface area contributed by atoms with Gasteiger partial charge >= 0.3 is 29.8 Å². The third kappa shape index (κ3) is 37.9. The lowest BCUT2D eigenvalue weighted by Gasteiger charge is -2.24. The second-order valence-electron chi connectivity index (χ2n) is 9.83. The third-order valence-corrected chi connectivity index (χ3v) is 5.05. The molecule has 0 radical (unpaired) electrons. The Bertz CT molecular complexity index is 831. The number of aliphatic carboxylic acids is 3. The number of hydrogen-bond acceptors (Lipinski definition) is 10. The number of carbonyl (C=O) groups excluding carboxylic acids is 2. The van der Waals surface area contributed by atoms with Gasteiger partial charge in [-0.1, -0.05) is 39.8 Å². The van der Waals surface area contributed by atoms with Gasteiger partial charge in [-0.3, -0.25) is 0 Å². The lowest BCUT2D eigenvalue weighted by molar-refractivity contribution is -0.140. The van der Waals surface area contributed by atoms with Gasteiger partial charge in [0.05, 0.1) is 33.0 Å². The van der Waals surface area contributed by atoms with Crippen LogP contribution in [-0.4, -0.2) is 93.5 Å².